The SMILES string of the molecule is CS(=O)(=O)c1cc(S(C)(=O)=O)c2cc(CBr)oc2c1. The van der Waals surface area contributed by atoms with Crippen LogP contribution in [0, 0.1) is 0 Å². The summed E-state index contributed by atoms with van der Waals surface area (Å²) in [6, 6.07) is 4.10. The minimum atomic E-state index is -3.55. The van der Waals surface area contributed by atoms with E-state index < -0.39 is 19.7 Å². The van der Waals surface area contributed by atoms with Crippen molar-refractivity contribution in [2.45, 2.75) is 15.1 Å². The highest BCUT2D eigenvalue weighted by Gasteiger charge is 2.20. The van der Waals surface area contributed by atoms with Gasteiger partial charge in [0.05, 0.1) is 15.1 Å². The van der Waals surface area contributed by atoms with Gasteiger partial charge >= 0.3 is 0 Å². The first-order valence-electron chi connectivity index (χ1n) is 5.15. The highest BCUT2D eigenvalue weighted by molar-refractivity contribution is 9.08. The Bertz CT molecular complexity index is 847. The molecule has 104 valence electrons. The molecule has 2 aromatic rings. The minimum Gasteiger partial charge on any atom is -0.460 e. The first-order valence-corrected chi connectivity index (χ1v) is 10.1. The smallest absolute Gasteiger partial charge is 0.176 e. The van der Waals surface area contributed by atoms with Crippen LogP contribution < -0.4 is 0 Å². The molecule has 0 spiro atoms. The molecule has 19 heavy (non-hydrogen) atoms. The number of hydrogen-bond acceptors (Lipinski definition) is 5. The van der Waals surface area contributed by atoms with Gasteiger partial charge in [-0.15, -0.1) is 0 Å². The molecule has 0 unspecified atom stereocenters. The van der Waals surface area contributed by atoms with Gasteiger partial charge in [0, 0.05) is 24.0 Å². The predicted molar refractivity (Wildman–Crippen MR) is 75.1 cm³/mol. The minimum absolute atomic E-state index is 0.0404. The third-order valence-electron chi connectivity index (χ3n) is 2.58. The molecule has 1 aromatic heterocycles. The van der Waals surface area contributed by atoms with Gasteiger partial charge in [-0.1, -0.05) is 15.9 Å². The summed E-state index contributed by atoms with van der Waals surface area (Å²) >= 11 is 3.21. The average Bonchev–Trinajstić information content (AvgIpc) is 2.67. The van der Waals surface area contributed by atoms with Crippen LogP contribution >= 0.6 is 15.9 Å². The molecule has 0 saturated carbocycles. The zero-order valence-corrected chi connectivity index (χ0v) is 13.4. The van der Waals surface area contributed by atoms with Crippen molar-refractivity contribution >= 4 is 46.6 Å². The summed E-state index contributed by atoms with van der Waals surface area (Å²) in [5.41, 5.74) is 0.248. The van der Waals surface area contributed by atoms with Crippen molar-refractivity contribution in [1.82, 2.24) is 0 Å². The average molecular weight is 367 g/mol. The summed E-state index contributed by atoms with van der Waals surface area (Å²) in [6.07, 6.45) is 2.06. The molecule has 8 heteroatoms. The second-order valence-corrected chi connectivity index (χ2v) is 8.78. The molecule has 1 aromatic carbocycles. The predicted octanol–water partition coefficient (Wildman–Crippen LogP) is 2.13. The summed E-state index contributed by atoms with van der Waals surface area (Å²) in [6.45, 7) is 0. The van der Waals surface area contributed by atoms with E-state index in [9.17, 15) is 16.8 Å². The second kappa shape index (κ2) is 4.60. The van der Waals surface area contributed by atoms with E-state index >= 15 is 0 Å². The lowest BCUT2D eigenvalue weighted by atomic mass is 10.2. The van der Waals surface area contributed by atoms with Crippen LogP contribution in [0.4, 0.5) is 0 Å². The molecule has 0 aliphatic carbocycles. The number of sulfone groups is 2. The molecule has 0 N–H and O–H groups in total. The summed E-state index contributed by atoms with van der Waals surface area (Å²) in [7, 11) is -7.06. The van der Waals surface area contributed by atoms with E-state index in [1.54, 1.807) is 6.07 Å². The van der Waals surface area contributed by atoms with E-state index in [4.69, 9.17) is 4.42 Å². The summed E-state index contributed by atoms with van der Waals surface area (Å²) in [5, 5.41) is 0.809. The summed E-state index contributed by atoms with van der Waals surface area (Å²) in [4.78, 5) is -0.114. The molecule has 0 aliphatic heterocycles. The third kappa shape index (κ3) is 2.85. The highest BCUT2D eigenvalue weighted by Crippen LogP contribution is 2.30. The van der Waals surface area contributed by atoms with E-state index in [0.29, 0.717) is 16.5 Å². The molecule has 0 radical (unpaired) electrons. The summed E-state index contributed by atoms with van der Waals surface area (Å²) in [5.74, 6) is 0.533. The number of furan rings is 1. The van der Waals surface area contributed by atoms with Crippen molar-refractivity contribution in [1.29, 1.82) is 0 Å². The second-order valence-electron chi connectivity index (χ2n) is 4.22. The van der Waals surface area contributed by atoms with Gasteiger partial charge in [-0.2, -0.15) is 0 Å². The number of hydrogen-bond donors (Lipinski definition) is 0. The molecule has 0 aliphatic rings. The first kappa shape index (κ1) is 14.5. The van der Waals surface area contributed by atoms with Gasteiger partial charge in [-0.05, 0) is 12.1 Å². The van der Waals surface area contributed by atoms with E-state index in [2.05, 4.69) is 15.9 Å². The number of fused-ring (bicyclic) bond motifs is 1. The Morgan fingerprint density at radius 2 is 1.68 bits per heavy atom. The van der Waals surface area contributed by atoms with Crippen molar-refractivity contribution < 1.29 is 21.3 Å². The summed E-state index contributed by atoms with van der Waals surface area (Å²) < 4.78 is 52.1. The molecular weight excluding hydrogens is 356 g/mol. The van der Waals surface area contributed by atoms with Crippen molar-refractivity contribution in [2.24, 2.45) is 0 Å². The molecular formula is C11H11BrO5S2. The van der Waals surface area contributed by atoms with E-state index in [0.717, 1.165) is 12.5 Å². The number of benzene rings is 1. The first-order chi connectivity index (χ1) is 8.63. The van der Waals surface area contributed by atoms with Crippen LogP contribution in [0.15, 0.2) is 32.4 Å². The zero-order valence-electron chi connectivity index (χ0n) is 10.2. The van der Waals surface area contributed by atoms with Crippen LogP contribution in [0.3, 0.4) is 0 Å². The molecule has 1 heterocycles. The topological polar surface area (TPSA) is 81.4 Å². The van der Waals surface area contributed by atoms with Crippen LogP contribution in [0.1, 0.15) is 5.76 Å². The van der Waals surface area contributed by atoms with Crippen LogP contribution in [-0.4, -0.2) is 29.3 Å². The molecule has 0 saturated heterocycles. The maximum Gasteiger partial charge on any atom is 0.176 e. The molecule has 2 rings (SSSR count). The normalized spacial score (nSPS) is 13.0. The van der Waals surface area contributed by atoms with Crippen LogP contribution in [0.25, 0.3) is 11.0 Å². The third-order valence-corrected chi connectivity index (χ3v) is 5.36. The Balaban J connectivity index is 2.94. The van der Waals surface area contributed by atoms with Gasteiger partial charge in [-0.25, -0.2) is 16.8 Å². The maximum atomic E-state index is 11.8. The van der Waals surface area contributed by atoms with Crippen LogP contribution in [0.2, 0.25) is 0 Å². The van der Waals surface area contributed by atoms with Gasteiger partial charge in [0.15, 0.2) is 19.7 Å². The highest BCUT2D eigenvalue weighted by atomic mass is 79.9. The molecule has 0 bridgehead atoms. The molecule has 0 amide bonds. The van der Waals surface area contributed by atoms with Gasteiger partial charge < -0.3 is 4.42 Å². The van der Waals surface area contributed by atoms with Gasteiger partial charge in [0.2, 0.25) is 0 Å². The Morgan fingerprint density at radius 1 is 1.05 bits per heavy atom. The van der Waals surface area contributed by atoms with E-state index in [-0.39, 0.29) is 15.4 Å². The number of rotatable bonds is 3. The van der Waals surface area contributed by atoms with Crippen LogP contribution in [-0.2, 0) is 25.0 Å². The molecule has 0 fully saturated rings. The number of alkyl halides is 1. The van der Waals surface area contributed by atoms with E-state index in [1.165, 1.54) is 12.1 Å². The van der Waals surface area contributed by atoms with Crippen molar-refractivity contribution in [3.63, 3.8) is 0 Å². The van der Waals surface area contributed by atoms with Crippen molar-refractivity contribution in [3.05, 3.63) is 24.0 Å². The Kier molecular flexibility index (Phi) is 3.53. The monoisotopic (exact) mass is 366 g/mol. The number of halogens is 1. The Morgan fingerprint density at radius 3 is 2.16 bits per heavy atom. The Labute approximate surface area is 119 Å². The standard InChI is InChI=1S/C11H11BrO5S2/c1-18(13,14)8-4-10-9(3-7(6-12)17-10)11(5-8)19(2,15)16/h3-5H,6H2,1-2H3. The van der Waals surface area contributed by atoms with E-state index in [1.807, 2.05) is 0 Å². The largest absolute Gasteiger partial charge is 0.460 e. The van der Waals surface area contributed by atoms with Gasteiger partial charge in [0.1, 0.15) is 11.3 Å². The van der Waals surface area contributed by atoms with Gasteiger partial charge in [0.25, 0.3) is 0 Å². The fourth-order valence-corrected chi connectivity index (χ4v) is 3.63. The quantitative estimate of drug-likeness (QED) is 0.777. The van der Waals surface area contributed by atoms with Crippen molar-refractivity contribution in [3.8, 4) is 0 Å². The molecule has 5 nitrogen and oxygen atoms in total. The molecule has 0 atom stereocenters. The lowest BCUT2D eigenvalue weighted by molar-refractivity contribution is 0.572. The fraction of sp³-hybridized carbons (Fsp3) is 0.273. The van der Waals surface area contributed by atoms with Crippen LogP contribution in [0.5, 0.6) is 0 Å². The fourth-order valence-electron chi connectivity index (χ4n) is 1.72. The Hall–Kier alpha value is -0.860. The van der Waals surface area contributed by atoms with Gasteiger partial charge in [-0.3, -0.25) is 0 Å². The van der Waals surface area contributed by atoms with Crippen molar-refractivity contribution in [2.75, 3.05) is 12.5 Å². The maximum absolute atomic E-state index is 11.8. The lowest BCUT2D eigenvalue weighted by Crippen LogP contribution is -2.02. The zero-order chi connectivity index (χ0) is 14.4. The lowest BCUT2D eigenvalue weighted by Gasteiger charge is -2.03.